The first-order valence-corrected chi connectivity index (χ1v) is 10.5. The highest BCUT2D eigenvalue weighted by Crippen LogP contribution is 2.25. The number of nitrogens with one attached hydrogen (secondary N) is 2. The van der Waals surface area contributed by atoms with Crippen LogP contribution in [-0.2, 0) is 4.74 Å². The fourth-order valence-corrected chi connectivity index (χ4v) is 3.81. The number of hydrogen-bond donors (Lipinski definition) is 2. The van der Waals surface area contributed by atoms with E-state index in [0.29, 0.717) is 17.3 Å². The van der Waals surface area contributed by atoms with Gasteiger partial charge in [0, 0.05) is 24.3 Å². The molecule has 2 N–H and O–H groups in total. The Bertz CT molecular complexity index is 1180. The van der Waals surface area contributed by atoms with E-state index in [1.54, 1.807) is 18.5 Å². The number of aromatic nitrogens is 4. The lowest BCUT2D eigenvalue weighted by atomic mass is 10.2. The Balaban J connectivity index is 1.39. The van der Waals surface area contributed by atoms with E-state index < -0.39 is 5.97 Å². The monoisotopic (exact) mass is 434 g/mol. The highest BCUT2D eigenvalue weighted by molar-refractivity contribution is 5.88. The van der Waals surface area contributed by atoms with Gasteiger partial charge in [0.15, 0.2) is 0 Å². The van der Waals surface area contributed by atoms with Crippen molar-refractivity contribution in [3.63, 3.8) is 0 Å². The Kier molecular flexibility index (Phi) is 6.16. The zero-order valence-electron chi connectivity index (χ0n) is 18.3. The van der Waals surface area contributed by atoms with Crippen LogP contribution in [0.3, 0.4) is 0 Å². The van der Waals surface area contributed by atoms with Crippen LogP contribution in [0.4, 0.5) is 11.6 Å². The van der Waals surface area contributed by atoms with Crippen molar-refractivity contribution >= 4 is 17.6 Å². The molecule has 3 heterocycles. The summed E-state index contributed by atoms with van der Waals surface area (Å²) in [6.45, 7) is 3.91. The molecule has 1 fully saturated rings. The van der Waals surface area contributed by atoms with Gasteiger partial charge in [0.05, 0.1) is 42.1 Å². The van der Waals surface area contributed by atoms with Crippen LogP contribution < -0.4 is 16.2 Å². The number of rotatable bonds is 6. The molecule has 3 aromatic rings. The molecule has 9 nitrogen and oxygen atoms in total. The fourth-order valence-electron chi connectivity index (χ4n) is 3.81. The maximum absolute atomic E-state index is 12.2. The molecule has 0 spiro atoms. The summed E-state index contributed by atoms with van der Waals surface area (Å²) in [4.78, 5) is 37.3. The molecule has 0 bridgehead atoms. The molecule has 0 unspecified atom stereocenters. The SMILES string of the molecule is COC(=O)c1ccc(=O)n(-c2ccc(N[C@H]3CC[C@H](Nc4cnc(C)c(C)n4)C3)nc2)c1. The second-order valence-corrected chi connectivity index (χ2v) is 7.94. The van der Waals surface area contributed by atoms with Crippen LogP contribution in [-0.4, -0.2) is 44.7 Å². The number of hydrogen-bond acceptors (Lipinski definition) is 8. The van der Waals surface area contributed by atoms with Gasteiger partial charge in [0.1, 0.15) is 11.6 Å². The van der Waals surface area contributed by atoms with Gasteiger partial charge < -0.3 is 15.4 Å². The third-order valence-electron chi connectivity index (χ3n) is 5.69. The van der Waals surface area contributed by atoms with Crippen molar-refractivity contribution in [2.45, 2.75) is 45.2 Å². The highest BCUT2D eigenvalue weighted by atomic mass is 16.5. The van der Waals surface area contributed by atoms with Crippen molar-refractivity contribution in [3.05, 3.63) is 70.2 Å². The second kappa shape index (κ2) is 9.17. The number of methoxy groups -OCH3 is 1. The standard InChI is InChI=1S/C23H26N6O3/c1-14-15(2)26-21(12-24-14)28-18-6-5-17(10-18)27-20-8-7-19(11-25-20)29-13-16(23(31)32-3)4-9-22(29)30/h4,7-9,11-13,17-18H,5-6,10H2,1-3H3,(H,25,27)(H,26,28)/t17-,18-/m0/s1. The van der Waals surface area contributed by atoms with Gasteiger partial charge in [-0.15, -0.1) is 0 Å². The average Bonchev–Trinajstić information content (AvgIpc) is 3.23. The van der Waals surface area contributed by atoms with Crippen molar-refractivity contribution in [2.24, 2.45) is 0 Å². The Hall–Kier alpha value is -3.75. The van der Waals surface area contributed by atoms with Crippen LogP contribution >= 0.6 is 0 Å². The van der Waals surface area contributed by atoms with Crippen molar-refractivity contribution < 1.29 is 9.53 Å². The van der Waals surface area contributed by atoms with E-state index in [0.717, 1.165) is 42.3 Å². The Morgan fingerprint density at radius 2 is 1.75 bits per heavy atom. The van der Waals surface area contributed by atoms with E-state index in [9.17, 15) is 9.59 Å². The van der Waals surface area contributed by atoms with E-state index in [1.165, 1.54) is 30.0 Å². The second-order valence-electron chi connectivity index (χ2n) is 7.94. The van der Waals surface area contributed by atoms with Crippen LogP contribution in [0.1, 0.15) is 41.0 Å². The van der Waals surface area contributed by atoms with Crippen molar-refractivity contribution in [2.75, 3.05) is 17.7 Å². The molecule has 0 radical (unpaired) electrons. The van der Waals surface area contributed by atoms with E-state index in [2.05, 4.69) is 25.6 Å². The largest absolute Gasteiger partial charge is 0.465 e. The molecule has 0 aliphatic heterocycles. The van der Waals surface area contributed by atoms with E-state index in [4.69, 9.17) is 4.74 Å². The minimum Gasteiger partial charge on any atom is -0.465 e. The number of ether oxygens (including phenoxy) is 1. The summed E-state index contributed by atoms with van der Waals surface area (Å²) in [6.07, 6.45) is 7.83. The first-order valence-electron chi connectivity index (χ1n) is 10.5. The van der Waals surface area contributed by atoms with Gasteiger partial charge in [-0.3, -0.25) is 14.3 Å². The molecule has 0 saturated heterocycles. The maximum atomic E-state index is 12.2. The molecule has 166 valence electrons. The van der Waals surface area contributed by atoms with Crippen molar-refractivity contribution in [3.8, 4) is 5.69 Å². The van der Waals surface area contributed by atoms with E-state index in [-0.39, 0.29) is 11.6 Å². The normalized spacial score (nSPS) is 17.7. The van der Waals surface area contributed by atoms with Crippen LogP contribution in [0, 0.1) is 13.8 Å². The van der Waals surface area contributed by atoms with E-state index >= 15 is 0 Å². The number of pyridine rings is 2. The first-order chi connectivity index (χ1) is 15.4. The quantitative estimate of drug-likeness (QED) is 0.570. The van der Waals surface area contributed by atoms with Gasteiger partial charge in [0.2, 0.25) is 0 Å². The summed E-state index contributed by atoms with van der Waals surface area (Å²) in [5.41, 5.74) is 2.50. The first kappa shape index (κ1) is 21.5. The van der Waals surface area contributed by atoms with Crippen LogP contribution in [0.25, 0.3) is 5.69 Å². The van der Waals surface area contributed by atoms with Crippen LogP contribution in [0.15, 0.2) is 47.7 Å². The Morgan fingerprint density at radius 1 is 1.00 bits per heavy atom. The smallest absolute Gasteiger partial charge is 0.339 e. The molecular formula is C23H26N6O3. The number of nitrogens with zero attached hydrogens (tertiary/aromatic N) is 4. The molecule has 32 heavy (non-hydrogen) atoms. The maximum Gasteiger partial charge on any atom is 0.339 e. The molecular weight excluding hydrogens is 408 g/mol. The third-order valence-corrected chi connectivity index (χ3v) is 5.69. The molecule has 9 heteroatoms. The minimum absolute atomic E-state index is 0.251. The topological polar surface area (TPSA) is 111 Å². The molecule has 2 atom stereocenters. The molecule has 0 amide bonds. The molecule has 1 aliphatic carbocycles. The van der Waals surface area contributed by atoms with Gasteiger partial charge in [-0.1, -0.05) is 0 Å². The Morgan fingerprint density at radius 3 is 2.41 bits per heavy atom. The predicted octanol–water partition coefficient (Wildman–Crippen LogP) is 2.87. The fraction of sp³-hybridized carbons (Fsp3) is 0.348. The number of esters is 1. The molecule has 3 aromatic heterocycles. The number of anilines is 2. The lowest BCUT2D eigenvalue weighted by Gasteiger charge is -2.16. The minimum atomic E-state index is -0.499. The van der Waals surface area contributed by atoms with Gasteiger partial charge >= 0.3 is 5.97 Å². The van der Waals surface area contributed by atoms with Crippen molar-refractivity contribution in [1.82, 2.24) is 19.5 Å². The van der Waals surface area contributed by atoms with E-state index in [1.807, 2.05) is 19.9 Å². The lowest BCUT2D eigenvalue weighted by molar-refractivity contribution is 0.0600. The molecule has 1 aliphatic rings. The number of carbonyl (C=O) groups excluding carboxylic acids is 1. The van der Waals surface area contributed by atoms with Crippen molar-refractivity contribution in [1.29, 1.82) is 0 Å². The predicted molar refractivity (Wildman–Crippen MR) is 121 cm³/mol. The van der Waals surface area contributed by atoms with Crippen LogP contribution in [0.5, 0.6) is 0 Å². The molecule has 0 aromatic carbocycles. The summed E-state index contributed by atoms with van der Waals surface area (Å²) in [7, 11) is 1.30. The van der Waals surface area contributed by atoms with Crippen LogP contribution in [0.2, 0.25) is 0 Å². The zero-order valence-corrected chi connectivity index (χ0v) is 18.3. The summed E-state index contributed by atoms with van der Waals surface area (Å²) in [5.74, 6) is 1.05. The molecule has 1 saturated carbocycles. The van der Waals surface area contributed by atoms with Gasteiger partial charge in [-0.2, -0.15) is 0 Å². The number of carbonyl (C=O) groups is 1. The van der Waals surface area contributed by atoms with Gasteiger partial charge in [-0.25, -0.2) is 14.8 Å². The zero-order chi connectivity index (χ0) is 22.7. The lowest BCUT2D eigenvalue weighted by Crippen LogP contribution is -2.22. The summed E-state index contributed by atoms with van der Waals surface area (Å²) < 4.78 is 6.10. The van der Waals surface area contributed by atoms with Gasteiger partial charge in [-0.05, 0) is 51.3 Å². The summed E-state index contributed by atoms with van der Waals surface area (Å²) in [5, 5.41) is 6.93. The Labute approximate surface area is 185 Å². The van der Waals surface area contributed by atoms with Gasteiger partial charge in [0.25, 0.3) is 5.56 Å². The third kappa shape index (κ3) is 4.77. The summed E-state index contributed by atoms with van der Waals surface area (Å²) >= 11 is 0. The number of aryl methyl sites for hydroxylation is 2. The molecule has 4 rings (SSSR count). The average molecular weight is 435 g/mol. The highest BCUT2D eigenvalue weighted by Gasteiger charge is 2.25. The summed E-state index contributed by atoms with van der Waals surface area (Å²) in [6, 6.07) is 7.03.